The number of carboxylic acids is 1. The van der Waals surface area contributed by atoms with Gasteiger partial charge in [0.2, 0.25) is 0 Å². The monoisotopic (exact) mass is 384 g/mol. The molecule has 8 heteroatoms. The molecule has 0 saturated carbocycles. The Kier molecular flexibility index (Phi) is 5.90. The van der Waals surface area contributed by atoms with Gasteiger partial charge >= 0.3 is 18.0 Å². The normalized spacial score (nSPS) is 19.0. The highest BCUT2D eigenvalue weighted by Crippen LogP contribution is 2.28. The molecule has 0 bridgehead atoms. The minimum atomic E-state index is -1.40. The summed E-state index contributed by atoms with van der Waals surface area (Å²) < 4.78 is 0. The first-order valence-corrected chi connectivity index (χ1v) is 8.65. The maximum atomic E-state index is 13.1. The summed E-state index contributed by atoms with van der Waals surface area (Å²) in [6.45, 7) is 0.122. The Morgan fingerprint density at radius 2 is 1.36 bits per heavy atom. The Labute approximate surface area is 161 Å². The van der Waals surface area contributed by atoms with Crippen LogP contribution >= 0.6 is 0 Å². The number of carboxylic acid groups (broad SMARTS) is 1. The van der Waals surface area contributed by atoms with Crippen molar-refractivity contribution in [3.63, 3.8) is 0 Å². The van der Waals surface area contributed by atoms with Crippen molar-refractivity contribution < 1.29 is 29.3 Å². The predicted octanol–water partition coefficient (Wildman–Crippen LogP) is 2.05. The first-order chi connectivity index (χ1) is 13.5. The summed E-state index contributed by atoms with van der Waals surface area (Å²) in [6, 6.07) is 14.7. The van der Waals surface area contributed by atoms with Gasteiger partial charge in [0.05, 0.1) is 7.11 Å². The van der Waals surface area contributed by atoms with Crippen LogP contribution in [0.5, 0.6) is 0 Å². The SMILES string of the molecule is COOC(=O)[C@@H]1[C@H](C(=O)O)N(Cc2ccccc2)C(=O)N1Cc1ccccc1. The fourth-order valence-electron chi connectivity index (χ4n) is 3.29. The van der Waals surface area contributed by atoms with Crippen molar-refractivity contribution in [2.24, 2.45) is 0 Å². The molecule has 2 atom stereocenters. The van der Waals surface area contributed by atoms with E-state index in [0.717, 1.165) is 18.2 Å². The zero-order valence-corrected chi connectivity index (χ0v) is 15.2. The molecule has 2 aromatic rings. The molecular formula is C20H20N2O6. The number of benzene rings is 2. The second-order valence-corrected chi connectivity index (χ2v) is 6.31. The van der Waals surface area contributed by atoms with Gasteiger partial charge in [-0.3, -0.25) is 4.89 Å². The van der Waals surface area contributed by atoms with Gasteiger partial charge in [-0.1, -0.05) is 60.7 Å². The summed E-state index contributed by atoms with van der Waals surface area (Å²) >= 11 is 0. The minimum absolute atomic E-state index is 0.0543. The van der Waals surface area contributed by atoms with Gasteiger partial charge < -0.3 is 14.9 Å². The van der Waals surface area contributed by atoms with Crippen molar-refractivity contribution in [2.45, 2.75) is 25.2 Å². The van der Waals surface area contributed by atoms with Gasteiger partial charge in [-0.05, 0) is 11.1 Å². The Morgan fingerprint density at radius 1 is 0.893 bits per heavy atom. The van der Waals surface area contributed by atoms with Crippen LogP contribution in [0.25, 0.3) is 0 Å². The van der Waals surface area contributed by atoms with Gasteiger partial charge in [0.15, 0.2) is 12.1 Å². The summed E-state index contributed by atoms with van der Waals surface area (Å²) in [5, 5.41) is 9.78. The first-order valence-electron chi connectivity index (χ1n) is 8.65. The van der Waals surface area contributed by atoms with E-state index in [2.05, 4.69) is 9.78 Å². The molecule has 0 unspecified atom stereocenters. The van der Waals surface area contributed by atoms with Crippen molar-refractivity contribution in [1.82, 2.24) is 9.80 Å². The number of hydrogen-bond donors (Lipinski definition) is 1. The van der Waals surface area contributed by atoms with E-state index < -0.39 is 30.1 Å². The summed E-state index contributed by atoms with van der Waals surface area (Å²) in [7, 11) is 1.15. The lowest BCUT2D eigenvalue weighted by atomic mass is 10.1. The number of rotatable bonds is 7. The van der Waals surface area contributed by atoms with E-state index in [-0.39, 0.29) is 13.1 Å². The van der Waals surface area contributed by atoms with Crippen molar-refractivity contribution >= 4 is 18.0 Å². The zero-order valence-electron chi connectivity index (χ0n) is 15.2. The van der Waals surface area contributed by atoms with E-state index in [4.69, 9.17) is 0 Å². The van der Waals surface area contributed by atoms with Crippen LogP contribution in [0.1, 0.15) is 11.1 Å². The summed E-state index contributed by atoms with van der Waals surface area (Å²) in [5.74, 6) is -2.23. The smallest absolute Gasteiger partial charge is 0.367 e. The third kappa shape index (κ3) is 3.96. The Balaban J connectivity index is 1.96. The lowest BCUT2D eigenvalue weighted by molar-refractivity contribution is -0.259. The highest BCUT2D eigenvalue weighted by atomic mass is 17.2. The largest absolute Gasteiger partial charge is 0.480 e. The van der Waals surface area contributed by atoms with Crippen LogP contribution in [0.4, 0.5) is 4.79 Å². The molecule has 1 fully saturated rings. The zero-order chi connectivity index (χ0) is 20.1. The van der Waals surface area contributed by atoms with E-state index in [1.54, 1.807) is 48.5 Å². The molecule has 2 amide bonds. The van der Waals surface area contributed by atoms with Crippen LogP contribution < -0.4 is 0 Å². The molecular weight excluding hydrogens is 364 g/mol. The summed E-state index contributed by atoms with van der Waals surface area (Å²) in [4.78, 5) is 49.0. The fourth-order valence-corrected chi connectivity index (χ4v) is 3.29. The molecule has 0 radical (unpaired) electrons. The standard InChI is InChI=1S/C20H20N2O6/c1-27-28-19(25)17-16(18(23)24)21(12-14-8-4-2-5-9-14)20(26)22(17)13-15-10-6-3-7-11-15/h2-11,16-17H,12-13H2,1H3,(H,23,24)/t16-,17+/m1/s1. The van der Waals surface area contributed by atoms with Crippen LogP contribution in [0.15, 0.2) is 60.7 Å². The molecule has 28 heavy (non-hydrogen) atoms. The quantitative estimate of drug-likeness (QED) is 0.580. The van der Waals surface area contributed by atoms with Gasteiger partial charge in [0.25, 0.3) is 0 Å². The number of amides is 2. The second kappa shape index (κ2) is 8.53. The van der Waals surface area contributed by atoms with Gasteiger partial charge in [0.1, 0.15) is 0 Å². The van der Waals surface area contributed by atoms with Gasteiger partial charge in [-0.15, -0.1) is 0 Å². The topological polar surface area (TPSA) is 96.4 Å². The van der Waals surface area contributed by atoms with Gasteiger partial charge in [-0.2, -0.15) is 4.89 Å². The Bertz CT molecular complexity index is 842. The van der Waals surface area contributed by atoms with Crippen LogP contribution in [-0.4, -0.2) is 52.1 Å². The maximum Gasteiger partial charge on any atom is 0.367 e. The average Bonchev–Trinajstić information content (AvgIpc) is 2.96. The predicted molar refractivity (Wildman–Crippen MR) is 97.7 cm³/mol. The molecule has 3 rings (SSSR count). The van der Waals surface area contributed by atoms with Crippen LogP contribution in [0.3, 0.4) is 0 Å². The highest BCUT2D eigenvalue weighted by molar-refractivity contribution is 5.96. The van der Waals surface area contributed by atoms with E-state index >= 15 is 0 Å². The van der Waals surface area contributed by atoms with Crippen LogP contribution in [0.2, 0.25) is 0 Å². The average molecular weight is 384 g/mol. The first kappa shape index (κ1) is 19.4. The number of carbonyl (C=O) groups is 3. The molecule has 0 aliphatic carbocycles. The van der Waals surface area contributed by atoms with Crippen molar-refractivity contribution in [2.75, 3.05) is 7.11 Å². The summed E-state index contributed by atoms with van der Waals surface area (Å²) in [6.07, 6.45) is 0. The van der Waals surface area contributed by atoms with E-state index in [1.165, 1.54) is 9.80 Å². The third-order valence-electron chi connectivity index (χ3n) is 4.51. The van der Waals surface area contributed by atoms with E-state index in [9.17, 15) is 19.5 Å². The number of hydrogen-bond acceptors (Lipinski definition) is 5. The molecule has 2 aromatic carbocycles. The lowest BCUT2D eigenvalue weighted by Gasteiger charge is -2.22. The molecule has 1 N–H and O–H groups in total. The molecule has 1 aliphatic rings. The molecule has 0 aromatic heterocycles. The number of urea groups is 1. The lowest BCUT2D eigenvalue weighted by Crippen LogP contribution is -2.48. The third-order valence-corrected chi connectivity index (χ3v) is 4.51. The van der Waals surface area contributed by atoms with E-state index in [1.807, 2.05) is 12.1 Å². The highest BCUT2D eigenvalue weighted by Gasteiger charge is 2.54. The molecule has 1 heterocycles. The minimum Gasteiger partial charge on any atom is -0.480 e. The number of nitrogens with zero attached hydrogens (tertiary/aromatic N) is 2. The van der Waals surface area contributed by atoms with Crippen molar-refractivity contribution in [1.29, 1.82) is 0 Å². The molecule has 8 nitrogen and oxygen atoms in total. The Hall–Kier alpha value is -3.39. The van der Waals surface area contributed by atoms with Crippen LogP contribution in [0, 0.1) is 0 Å². The molecule has 1 aliphatic heterocycles. The molecule has 1 saturated heterocycles. The number of carbonyl (C=O) groups excluding carboxylic acids is 2. The molecule has 0 spiro atoms. The van der Waals surface area contributed by atoms with Crippen LogP contribution in [-0.2, 0) is 32.5 Å². The van der Waals surface area contributed by atoms with Crippen molar-refractivity contribution in [3.8, 4) is 0 Å². The second-order valence-electron chi connectivity index (χ2n) is 6.31. The van der Waals surface area contributed by atoms with Gasteiger partial charge in [0, 0.05) is 13.1 Å². The maximum absolute atomic E-state index is 13.1. The van der Waals surface area contributed by atoms with E-state index in [0.29, 0.717) is 0 Å². The number of aliphatic carboxylic acids is 1. The Morgan fingerprint density at radius 3 is 1.79 bits per heavy atom. The molecule has 146 valence electrons. The van der Waals surface area contributed by atoms with Crippen molar-refractivity contribution in [3.05, 3.63) is 71.8 Å². The van der Waals surface area contributed by atoms with Gasteiger partial charge in [-0.25, -0.2) is 14.4 Å². The fraction of sp³-hybridized carbons (Fsp3) is 0.250. The summed E-state index contributed by atoms with van der Waals surface area (Å²) in [5.41, 5.74) is 1.51.